The van der Waals surface area contributed by atoms with Gasteiger partial charge in [-0.1, -0.05) is 19.3 Å². The van der Waals surface area contributed by atoms with Crippen molar-refractivity contribution in [1.82, 2.24) is 5.32 Å². The lowest BCUT2D eigenvalue weighted by Crippen LogP contribution is -2.46. The number of carboxylic acids is 1. The number of hydrogen-bond acceptors (Lipinski definition) is 3. The van der Waals surface area contributed by atoms with Crippen LogP contribution in [0, 0.1) is 5.41 Å². The topological polar surface area (TPSA) is 92.4 Å². The molecule has 104 valence electrons. The molecule has 0 aromatic heterocycles. The smallest absolute Gasteiger partial charge is 0.311 e. The van der Waals surface area contributed by atoms with Crippen LogP contribution >= 0.6 is 0 Å². The molecule has 0 saturated heterocycles. The molecule has 0 radical (unpaired) electrons. The zero-order valence-corrected chi connectivity index (χ0v) is 11.3. The van der Waals surface area contributed by atoms with E-state index in [1.807, 2.05) is 0 Å². The van der Waals surface area contributed by atoms with E-state index in [9.17, 15) is 14.7 Å². The summed E-state index contributed by atoms with van der Waals surface area (Å²) in [4.78, 5) is 23.1. The third-order valence-electron chi connectivity index (χ3n) is 3.50. The van der Waals surface area contributed by atoms with Crippen molar-refractivity contribution in [2.24, 2.45) is 11.1 Å². The van der Waals surface area contributed by atoms with E-state index in [-0.39, 0.29) is 18.9 Å². The minimum atomic E-state index is -0.797. The lowest BCUT2D eigenvalue weighted by Gasteiger charge is -2.33. The minimum Gasteiger partial charge on any atom is -0.481 e. The zero-order chi connectivity index (χ0) is 13.8. The maximum absolute atomic E-state index is 11.7. The number of carbonyl (C=O) groups excluding carboxylic acids is 1. The Balaban J connectivity index is 2.53. The Morgan fingerprint density at radius 1 is 1.28 bits per heavy atom. The quantitative estimate of drug-likeness (QED) is 0.690. The fourth-order valence-electron chi connectivity index (χ4n) is 2.44. The predicted molar refractivity (Wildman–Crippen MR) is 69.0 cm³/mol. The number of amides is 1. The van der Waals surface area contributed by atoms with Crippen LogP contribution in [0.3, 0.4) is 0 Å². The van der Waals surface area contributed by atoms with Crippen LogP contribution in [-0.4, -0.2) is 29.1 Å². The van der Waals surface area contributed by atoms with E-state index in [2.05, 4.69) is 5.32 Å². The summed E-state index contributed by atoms with van der Waals surface area (Å²) in [6.45, 7) is 3.78. The van der Waals surface area contributed by atoms with Gasteiger partial charge in [0.2, 0.25) is 5.91 Å². The first-order valence-electron chi connectivity index (χ1n) is 6.54. The van der Waals surface area contributed by atoms with Gasteiger partial charge in [-0.2, -0.15) is 0 Å². The van der Waals surface area contributed by atoms with E-state index in [1.54, 1.807) is 13.8 Å². The zero-order valence-electron chi connectivity index (χ0n) is 11.3. The van der Waals surface area contributed by atoms with Gasteiger partial charge in [-0.25, -0.2) is 0 Å². The SMILES string of the molecule is CC(C)(N)CC(=O)NCC1(C(=O)O)CCCCC1. The van der Waals surface area contributed by atoms with Crippen molar-refractivity contribution < 1.29 is 14.7 Å². The van der Waals surface area contributed by atoms with Gasteiger partial charge >= 0.3 is 5.97 Å². The summed E-state index contributed by atoms with van der Waals surface area (Å²) in [7, 11) is 0. The molecule has 0 aliphatic heterocycles. The second kappa shape index (κ2) is 5.69. The lowest BCUT2D eigenvalue weighted by atomic mass is 9.74. The number of hydrogen-bond donors (Lipinski definition) is 3. The molecule has 1 rings (SSSR count). The van der Waals surface area contributed by atoms with Gasteiger partial charge in [0.25, 0.3) is 0 Å². The molecule has 0 aromatic rings. The lowest BCUT2D eigenvalue weighted by molar-refractivity contribution is -0.151. The van der Waals surface area contributed by atoms with Crippen LogP contribution in [0.25, 0.3) is 0 Å². The molecule has 5 nitrogen and oxygen atoms in total. The molecule has 1 aliphatic rings. The Hall–Kier alpha value is -1.10. The van der Waals surface area contributed by atoms with Gasteiger partial charge in [0, 0.05) is 18.5 Å². The second-order valence-corrected chi connectivity index (χ2v) is 6.09. The number of rotatable bonds is 5. The molecule has 0 aromatic carbocycles. The number of aliphatic carboxylic acids is 1. The van der Waals surface area contributed by atoms with E-state index >= 15 is 0 Å². The fourth-order valence-corrected chi connectivity index (χ4v) is 2.44. The summed E-state index contributed by atoms with van der Waals surface area (Å²) < 4.78 is 0. The first-order valence-corrected chi connectivity index (χ1v) is 6.54. The standard InChI is InChI=1S/C13H24N2O3/c1-12(2,14)8-10(16)15-9-13(11(17)18)6-4-3-5-7-13/h3-9,14H2,1-2H3,(H,15,16)(H,17,18). The maximum atomic E-state index is 11.7. The third kappa shape index (κ3) is 4.29. The van der Waals surface area contributed by atoms with Crippen molar-refractivity contribution in [2.45, 2.75) is 57.9 Å². The number of nitrogens with two attached hydrogens (primary N) is 1. The molecular formula is C13H24N2O3. The predicted octanol–water partition coefficient (Wildman–Crippen LogP) is 1.27. The molecule has 4 N–H and O–H groups in total. The third-order valence-corrected chi connectivity index (χ3v) is 3.50. The Labute approximate surface area is 108 Å². The summed E-state index contributed by atoms with van der Waals surface area (Å²) in [6.07, 6.45) is 4.43. The second-order valence-electron chi connectivity index (χ2n) is 6.09. The van der Waals surface area contributed by atoms with Crippen LogP contribution in [0.1, 0.15) is 52.4 Å². The van der Waals surface area contributed by atoms with Gasteiger partial charge in [0.15, 0.2) is 0 Å². The van der Waals surface area contributed by atoms with Gasteiger partial charge in [0.05, 0.1) is 5.41 Å². The maximum Gasteiger partial charge on any atom is 0.311 e. The molecule has 1 saturated carbocycles. The number of carbonyl (C=O) groups is 2. The van der Waals surface area contributed by atoms with Crippen LogP contribution in [-0.2, 0) is 9.59 Å². The highest BCUT2D eigenvalue weighted by atomic mass is 16.4. The van der Waals surface area contributed by atoms with Gasteiger partial charge < -0.3 is 16.2 Å². The Bertz CT molecular complexity index is 315. The van der Waals surface area contributed by atoms with Crippen molar-refractivity contribution in [1.29, 1.82) is 0 Å². The monoisotopic (exact) mass is 256 g/mol. The highest BCUT2D eigenvalue weighted by Crippen LogP contribution is 2.36. The van der Waals surface area contributed by atoms with Crippen molar-refractivity contribution in [3.05, 3.63) is 0 Å². The Morgan fingerprint density at radius 3 is 2.28 bits per heavy atom. The van der Waals surface area contributed by atoms with E-state index in [0.717, 1.165) is 19.3 Å². The molecule has 0 bridgehead atoms. The summed E-state index contributed by atoms with van der Waals surface area (Å²) in [6, 6.07) is 0. The molecule has 1 aliphatic carbocycles. The van der Waals surface area contributed by atoms with Crippen molar-refractivity contribution in [3.63, 3.8) is 0 Å². The first kappa shape index (κ1) is 15.0. The minimum absolute atomic E-state index is 0.173. The molecule has 1 fully saturated rings. The number of carboxylic acid groups (broad SMARTS) is 1. The highest BCUT2D eigenvalue weighted by Gasteiger charge is 2.39. The average molecular weight is 256 g/mol. The summed E-state index contributed by atoms with van der Waals surface area (Å²) >= 11 is 0. The fraction of sp³-hybridized carbons (Fsp3) is 0.846. The molecule has 18 heavy (non-hydrogen) atoms. The van der Waals surface area contributed by atoms with Gasteiger partial charge in [-0.05, 0) is 26.7 Å². The van der Waals surface area contributed by atoms with Crippen LogP contribution < -0.4 is 11.1 Å². The van der Waals surface area contributed by atoms with E-state index in [1.165, 1.54) is 0 Å². The van der Waals surface area contributed by atoms with Crippen molar-refractivity contribution in [3.8, 4) is 0 Å². The largest absolute Gasteiger partial charge is 0.481 e. The molecule has 0 unspecified atom stereocenters. The van der Waals surface area contributed by atoms with Crippen LogP contribution in [0.15, 0.2) is 0 Å². The molecule has 1 amide bonds. The average Bonchev–Trinajstić information content (AvgIpc) is 2.25. The summed E-state index contributed by atoms with van der Waals surface area (Å²) in [5.74, 6) is -0.969. The number of nitrogens with one attached hydrogen (secondary N) is 1. The Morgan fingerprint density at radius 2 is 1.83 bits per heavy atom. The Kier molecular flexibility index (Phi) is 4.73. The molecular weight excluding hydrogens is 232 g/mol. The normalized spacial score (nSPS) is 19.3. The van der Waals surface area contributed by atoms with E-state index < -0.39 is 16.9 Å². The van der Waals surface area contributed by atoms with Crippen LogP contribution in [0.5, 0.6) is 0 Å². The molecule has 5 heteroatoms. The van der Waals surface area contributed by atoms with Gasteiger partial charge in [-0.3, -0.25) is 9.59 Å². The highest BCUT2D eigenvalue weighted by molar-refractivity contribution is 5.79. The van der Waals surface area contributed by atoms with E-state index in [0.29, 0.717) is 12.8 Å². The summed E-state index contributed by atoms with van der Waals surface area (Å²) in [5, 5.41) is 12.1. The molecule has 0 heterocycles. The van der Waals surface area contributed by atoms with Crippen molar-refractivity contribution >= 4 is 11.9 Å². The van der Waals surface area contributed by atoms with E-state index in [4.69, 9.17) is 5.73 Å². The van der Waals surface area contributed by atoms with Gasteiger partial charge in [-0.15, -0.1) is 0 Å². The first-order chi connectivity index (χ1) is 8.25. The van der Waals surface area contributed by atoms with Crippen LogP contribution in [0.2, 0.25) is 0 Å². The molecule has 0 spiro atoms. The summed E-state index contributed by atoms with van der Waals surface area (Å²) in [5.41, 5.74) is 4.43. The van der Waals surface area contributed by atoms with Crippen LogP contribution in [0.4, 0.5) is 0 Å². The van der Waals surface area contributed by atoms with Gasteiger partial charge in [0.1, 0.15) is 0 Å². The van der Waals surface area contributed by atoms with Crippen molar-refractivity contribution in [2.75, 3.05) is 6.54 Å². The molecule has 0 atom stereocenters.